The first-order chi connectivity index (χ1) is 14.1. The average molecular weight is 393 g/mol. The summed E-state index contributed by atoms with van der Waals surface area (Å²) in [7, 11) is 1.67. The van der Waals surface area contributed by atoms with Crippen LogP contribution < -0.4 is 10.1 Å². The summed E-state index contributed by atoms with van der Waals surface area (Å²) < 4.78 is 5.22. The normalized spacial score (nSPS) is 19.8. The lowest BCUT2D eigenvalue weighted by atomic mass is 9.89. The maximum Gasteiger partial charge on any atom is 0.230 e. The number of nitrogens with zero attached hydrogens (tertiary/aromatic N) is 2. The van der Waals surface area contributed by atoms with Gasteiger partial charge in [-0.1, -0.05) is 30.3 Å². The molecule has 152 valence electrons. The predicted molar refractivity (Wildman–Crippen MR) is 112 cm³/mol. The van der Waals surface area contributed by atoms with E-state index in [1.165, 1.54) is 5.56 Å². The van der Waals surface area contributed by atoms with Gasteiger partial charge in [-0.2, -0.15) is 0 Å². The van der Waals surface area contributed by atoms with E-state index < -0.39 is 0 Å². The van der Waals surface area contributed by atoms with Crippen molar-refractivity contribution < 1.29 is 14.3 Å². The van der Waals surface area contributed by atoms with Gasteiger partial charge in [0.25, 0.3) is 0 Å². The van der Waals surface area contributed by atoms with Crippen molar-refractivity contribution in [3.8, 4) is 5.75 Å². The Hall–Kier alpha value is -2.86. The molecular weight excluding hydrogens is 366 g/mol. The van der Waals surface area contributed by atoms with Gasteiger partial charge in [0.2, 0.25) is 11.8 Å². The molecule has 2 aliphatic rings. The zero-order chi connectivity index (χ0) is 20.2. The Morgan fingerprint density at radius 1 is 1.07 bits per heavy atom. The van der Waals surface area contributed by atoms with E-state index in [1.54, 1.807) is 7.11 Å². The molecule has 2 heterocycles. The standard InChI is InChI=1S/C23H27N3O3/c1-29-18-9-7-17(8-10-18)16-25-11-4-12-26(14-13-25)23(28)20-15-22(27)24-21-6-3-2-5-19(20)21/h2-3,5-10,20H,4,11-16H2,1H3,(H,24,27). The molecular formula is C23H27N3O3. The molecule has 1 saturated heterocycles. The van der Waals surface area contributed by atoms with Gasteiger partial charge < -0.3 is 15.0 Å². The Labute approximate surface area is 171 Å². The summed E-state index contributed by atoms with van der Waals surface area (Å²) in [5.41, 5.74) is 2.93. The molecule has 1 N–H and O–H groups in total. The molecule has 0 aliphatic carbocycles. The van der Waals surface area contributed by atoms with Gasteiger partial charge in [-0.05, 0) is 35.7 Å². The molecule has 0 saturated carbocycles. The summed E-state index contributed by atoms with van der Waals surface area (Å²) in [6.45, 7) is 4.07. The first-order valence-electron chi connectivity index (χ1n) is 10.2. The van der Waals surface area contributed by atoms with Crippen LogP contribution in [0.1, 0.15) is 29.9 Å². The minimum Gasteiger partial charge on any atom is -0.497 e. The monoisotopic (exact) mass is 393 g/mol. The molecule has 0 spiro atoms. The first kappa shape index (κ1) is 19.5. The van der Waals surface area contributed by atoms with Crippen LogP contribution in [-0.4, -0.2) is 54.9 Å². The van der Waals surface area contributed by atoms with Crippen LogP contribution in [0, 0.1) is 0 Å². The van der Waals surface area contributed by atoms with Crippen molar-refractivity contribution >= 4 is 17.5 Å². The average Bonchev–Trinajstić information content (AvgIpc) is 2.99. The second kappa shape index (κ2) is 8.66. The Morgan fingerprint density at radius 2 is 1.86 bits per heavy atom. The van der Waals surface area contributed by atoms with E-state index in [1.807, 2.05) is 41.3 Å². The van der Waals surface area contributed by atoms with Gasteiger partial charge in [-0.3, -0.25) is 14.5 Å². The molecule has 1 fully saturated rings. The number of ether oxygens (including phenoxy) is 1. The molecule has 0 bridgehead atoms. The summed E-state index contributed by atoms with van der Waals surface area (Å²) in [6, 6.07) is 15.8. The number of fused-ring (bicyclic) bond motifs is 1. The molecule has 2 aromatic rings. The van der Waals surface area contributed by atoms with E-state index in [4.69, 9.17) is 4.74 Å². The SMILES string of the molecule is COc1ccc(CN2CCCN(C(=O)C3CC(=O)Nc4ccccc43)CC2)cc1. The highest BCUT2D eigenvalue weighted by Crippen LogP contribution is 2.33. The van der Waals surface area contributed by atoms with Crippen molar-refractivity contribution in [1.82, 2.24) is 9.80 Å². The molecule has 1 unspecified atom stereocenters. The minimum atomic E-state index is -0.381. The van der Waals surface area contributed by atoms with E-state index in [2.05, 4.69) is 22.3 Å². The summed E-state index contributed by atoms with van der Waals surface area (Å²) in [5.74, 6) is 0.461. The van der Waals surface area contributed by atoms with Crippen LogP contribution in [0.15, 0.2) is 48.5 Å². The van der Waals surface area contributed by atoms with Crippen molar-refractivity contribution in [3.05, 3.63) is 59.7 Å². The molecule has 0 aromatic heterocycles. The van der Waals surface area contributed by atoms with Crippen LogP contribution in [0.5, 0.6) is 5.75 Å². The third-order valence-electron chi connectivity index (χ3n) is 5.76. The fraction of sp³-hybridized carbons (Fsp3) is 0.391. The molecule has 2 aliphatic heterocycles. The summed E-state index contributed by atoms with van der Waals surface area (Å²) >= 11 is 0. The number of benzene rings is 2. The molecule has 29 heavy (non-hydrogen) atoms. The first-order valence-corrected chi connectivity index (χ1v) is 10.2. The van der Waals surface area contributed by atoms with Crippen molar-refractivity contribution in [2.75, 3.05) is 38.6 Å². The number of para-hydroxylation sites is 1. The van der Waals surface area contributed by atoms with E-state index in [-0.39, 0.29) is 24.2 Å². The number of methoxy groups -OCH3 is 1. The minimum absolute atomic E-state index is 0.0681. The van der Waals surface area contributed by atoms with Gasteiger partial charge in [0.05, 0.1) is 13.0 Å². The third kappa shape index (κ3) is 4.43. The Balaban J connectivity index is 1.40. The van der Waals surface area contributed by atoms with Gasteiger partial charge in [-0.25, -0.2) is 0 Å². The molecule has 2 amide bonds. The van der Waals surface area contributed by atoms with E-state index in [0.717, 1.165) is 49.6 Å². The number of hydrogen-bond acceptors (Lipinski definition) is 4. The lowest BCUT2D eigenvalue weighted by molar-refractivity contribution is -0.134. The molecule has 6 heteroatoms. The number of carbonyl (C=O) groups is 2. The lowest BCUT2D eigenvalue weighted by Gasteiger charge is -2.30. The van der Waals surface area contributed by atoms with Crippen molar-refractivity contribution in [2.45, 2.75) is 25.3 Å². The number of hydrogen-bond donors (Lipinski definition) is 1. The van der Waals surface area contributed by atoms with E-state index >= 15 is 0 Å². The van der Waals surface area contributed by atoms with Crippen LogP contribution in [0.3, 0.4) is 0 Å². The van der Waals surface area contributed by atoms with Crippen LogP contribution in [0.4, 0.5) is 5.69 Å². The van der Waals surface area contributed by atoms with Crippen LogP contribution in [-0.2, 0) is 16.1 Å². The summed E-state index contributed by atoms with van der Waals surface area (Å²) in [4.78, 5) is 29.7. The highest BCUT2D eigenvalue weighted by Gasteiger charge is 2.33. The quantitative estimate of drug-likeness (QED) is 0.868. The van der Waals surface area contributed by atoms with Crippen molar-refractivity contribution in [2.24, 2.45) is 0 Å². The smallest absolute Gasteiger partial charge is 0.230 e. The number of carbonyl (C=O) groups excluding carboxylic acids is 2. The maximum absolute atomic E-state index is 13.3. The van der Waals surface area contributed by atoms with Gasteiger partial charge >= 0.3 is 0 Å². The van der Waals surface area contributed by atoms with Gasteiger partial charge in [-0.15, -0.1) is 0 Å². The van der Waals surface area contributed by atoms with Crippen LogP contribution in [0.25, 0.3) is 0 Å². The molecule has 0 radical (unpaired) electrons. The zero-order valence-corrected chi connectivity index (χ0v) is 16.8. The second-order valence-corrected chi connectivity index (χ2v) is 7.70. The molecule has 6 nitrogen and oxygen atoms in total. The summed E-state index contributed by atoms with van der Waals surface area (Å²) in [5, 5.41) is 2.88. The molecule has 4 rings (SSSR count). The van der Waals surface area contributed by atoms with Gasteiger partial charge in [0, 0.05) is 44.8 Å². The van der Waals surface area contributed by atoms with Gasteiger partial charge in [0.1, 0.15) is 5.75 Å². The summed E-state index contributed by atoms with van der Waals surface area (Å²) in [6.07, 6.45) is 1.16. The maximum atomic E-state index is 13.3. The highest BCUT2D eigenvalue weighted by atomic mass is 16.5. The van der Waals surface area contributed by atoms with Crippen molar-refractivity contribution in [3.63, 3.8) is 0 Å². The Kier molecular flexibility index (Phi) is 5.81. The third-order valence-corrected chi connectivity index (χ3v) is 5.76. The fourth-order valence-electron chi connectivity index (χ4n) is 4.19. The number of rotatable bonds is 4. The molecule has 2 aromatic carbocycles. The Morgan fingerprint density at radius 3 is 2.66 bits per heavy atom. The zero-order valence-electron chi connectivity index (χ0n) is 16.8. The van der Waals surface area contributed by atoms with Crippen LogP contribution >= 0.6 is 0 Å². The van der Waals surface area contributed by atoms with Gasteiger partial charge in [0.15, 0.2) is 0 Å². The largest absolute Gasteiger partial charge is 0.497 e. The number of anilines is 1. The predicted octanol–water partition coefficient (Wildman–Crippen LogP) is 2.86. The molecule has 1 atom stereocenters. The number of nitrogens with one attached hydrogen (secondary N) is 1. The van der Waals surface area contributed by atoms with E-state index in [9.17, 15) is 9.59 Å². The number of amides is 2. The van der Waals surface area contributed by atoms with Crippen molar-refractivity contribution in [1.29, 1.82) is 0 Å². The van der Waals surface area contributed by atoms with E-state index in [0.29, 0.717) is 6.54 Å². The lowest BCUT2D eigenvalue weighted by Crippen LogP contribution is -2.40. The highest BCUT2D eigenvalue weighted by molar-refractivity contribution is 6.01. The Bertz CT molecular complexity index is 881. The second-order valence-electron chi connectivity index (χ2n) is 7.70. The fourth-order valence-corrected chi connectivity index (χ4v) is 4.19. The topological polar surface area (TPSA) is 61.9 Å². The van der Waals surface area contributed by atoms with Crippen LogP contribution in [0.2, 0.25) is 0 Å².